The minimum atomic E-state index is -2.51. The van der Waals surface area contributed by atoms with Crippen LogP contribution in [0, 0.1) is 6.92 Å². The van der Waals surface area contributed by atoms with Gasteiger partial charge in [0.15, 0.2) is 0 Å². The number of rotatable bonds is 5. The van der Waals surface area contributed by atoms with Gasteiger partial charge in [-0.2, -0.15) is 0 Å². The van der Waals surface area contributed by atoms with Crippen molar-refractivity contribution < 1.29 is 14.0 Å². The van der Waals surface area contributed by atoms with Crippen molar-refractivity contribution in [3.05, 3.63) is 78.1 Å². The molecule has 1 N–H and O–H groups in total. The third-order valence-corrected chi connectivity index (χ3v) is 5.13. The topological polar surface area (TPSA) is 46.8 Å². The molecule has 0 aliphatic heterocycles. The number of aromatic nitrogens is 2. The summed E-state index contributed by atoms with van der Waals surface area (Å²) in [5.41, 5.74) is 4.26. The number of hydrogen-bond donors (Lipinski definition) is 1. The molecule has 2 aromatic heterocycles. The van der Waals surface area contributed by atoms with Crippen LogP contribution in [0.2, 0.25) is 0 Å². The molecule has 0 aliphatic carbocycles. The number of imidazole rings is 1. The predicted molar refractivity (Wildman–Crippen MR) is 122 cm³/mol. The summed E-state index contributed by atoms with van der Waals surface area (Å²) < 4.78 is 30.6. The van der Waals surface area contributed by atoms with Gasteiger partial charge in [-0.25, -0.2) is 4.98 Å². The highest BCUT2D eigenvalue weighted by Gasteiger charge is 2.16. The maximum absolute atomic E-state index is 10.5. The number of pyridine rings is 1. The summed E-state index contributed by atoms with van der Waals surface area (Å²) in [7, 11) is 0. The Bertz CT molecular complexity index is 1270. The van der Waals surface area contributed by atoms with Crippen LogP contribution in [0.25, 0.3) is 28.0 Å². The van der Waals surface area contributed by atoms with Crippen molar-refractivity contribution in [1.82, 2.24) is 9.38 Å². The molecule has 0 saturated heterocycles. The number of benzene rings is 2. The Morgan fingerprint density at radius 1 is 1.07 bits per heavy atom. The van der Waals surface area contributed by atoms with E-state index in [1.54, 1.807) is 12.1 Å². The summed E-state index contributed by atoms with van der Waals surface area (Å²) in [6, 6.07) is 17.0. The Balaban J connectivity index is 1.72. The fourth-order valence-electron chi connectivity index (χ4n) is 3.59. The van der Waals surface area contributed by atoms with E-state index in [0.717, 1.165) is 39.3 Å². The van der Waals surface area contributed by atoms with Crippen LogP contribution in [-0.4, -0.2) is 20.6 Å². The average Bonchev–Trinajstić information content (AvgIpc) is 3.15. The molecule has 4 aromatic rings. The van der Waals surface area contributed by atoms with Crippen molar-refractivity contribution in [2.45, 2.75) is 46.3 Å². The lowest BCUT2D eigenvalue weighted by Crippen LogP contribution is -2.14. The van der Waals surface area contributed by atoms with Gasteiger partial charge in [-0.1, -0.05) is 24.3 Å². The molecule has 154 valence electrons. The summed E-state index contributed by atoms with van der Waals surface area (Å²) in [6.07, 6.45) is 4.02. The highest BCUT2D eigenvalue weighted by atomic mass is 16.5. The molecule has 0 saturated carbocycles. The smallest absolute Gasteiger partial charge is 0.137 e. The van der Waals surface area contributed by atoms with Gasteiger partial charge in [0.05, 0.1) is 23.6 Å². The van der Waals surface area contributed by atoms with Gasteiger partial charge in [0, 0.05) is 21.4 Å². The van der Waals surface area contributed by atoms with Crippen LogP contribution >= 0.6 is 0 Å². The van der Waals surface area contributed by atoms with E-state index in [4.69, 9.17) is 8.85 Å². The van der Waals surface area contributed by atoms with E-state index in [0.29, 0.717) is 5.56 Å². The fourth-order valence-corrected chi connectivity index (χ4v) is 3.59. The Labute approximate surface area is 182 Å². The Kier molecular flexibility index (Phi) is 4.23. The van der Waals surface area contributed by atoms with E-state index in [9.17, 15) is 5.11 Å². The van der Waals surface area contributed by atoms with Crippen molar-refractivity contribution in [3.8, 4) is 28.1 Å². The second-order valence-electron chi connectivity index (χ2n) is 8.08. The number of aliphatic hydroxyl groups is 1. The first kappa shape index (κ1) is 16.7. The van der Waals surface area contributed by atoms with Gasteiger partial charge in [0.2, 0.25) is 0 Å². The van der Waals surface area contributed by atoms with E-state index in [-0.39, 0.29) is 6.10 Å². The SMILES string of the molecule is [2H]C([2H])([2H])C(C)(O)c1ccc(-c2cn3c(-c4ccc(OC(C)C)cc4)cnc3cc2C)cc1. The normalized spacial score (nSPS) is 15.5. The maximum Gasteiger partial charge on any atom is 0.137 e. The number of hydrogen-bond acceptors (Lipinski definition) is 3. The van der Waals surface area contributed by atoms with Crippen molar-refractivity contribution >= 4 is 5.65 Å². The number of ether oxygens (including phenoxy) is 1. The summed E-state index contributed by atoms with van der Waals surface area (Å²) in [5.74, 6) is 0.826. The highest BCUT2D eigenvalue weighted by molar-refractivity contribution is 5.72. The van der Waals surface area contributed by atoms with Gasteiger partial charge in [-0.3, -0.25) is 4.40 Å². The van der Waals surface area contributed by atoms with Crippen LogP contribution in [0.3, 0.4) is 0 Å². The van der Waals surface area contributed by atoms with E-state index >= 15 is 0 Å². The van der Waals surface area contributed by atoms with E-state index in [1.807, 2.05) is 80.0 Å². The molecule has 0 radical (unpaired) electrons. The van der Waals surface area contributed by atoms with Gasteiger partial charge in [-0.15, -0.1) is 0 Å². The Hall–Kier alpha value is -3.11. The molecule has 0 aliphatic rings. The molecule has 2 heterocycles. The molecule has 4 heteroatoms. The lowest BCUT2D eigenvalue weighted by atomic mass is 9.95. The van der Waals surface area contributed by atoms with Gasteiger partial charge in [-0.05, 0) is 81.6 Å². The monoisotopic (exact) mass is 403 g/mol. The minimum Gasteiger partial charge on any atom is -0.491 e. The predicted octanol–water partition coefficient (Wildman–Crippen LogP) is 5.99. The summed E-state index contributed by atoms with van der Waals surface area (Å²) >= 11 is 0. The highest BCUT2D eigenvalue weighted by Crippen LogP contribution is 2.30. The molecule has 1 atom stereocenters. The molecule has 0 bridgehead atoms. The molecule has 4 rings (SSSR count). The van der Waals surface area contributed by atoms with E-state index in [2.05, 4.69) is 4.98 Å². The minimum absolute atomic E-state index is 0.118. The molecule has 0 amide bonds. The Morgan fingerprint density at radius 2 is 1.73 bits per heavy atom. The van der Waals surface area contributed by atoms with Crippen LogP contribution in [-0.2, 0) is 5.60 Å². The van der Waals surface area contributed by atoms with Crippen molar-refractivity contribution in [2.75, 3.05) is 0 Å². The quantitative estimate of drug-likeness (QED) is 0.445. The number of nitrogens with zero attached hydrogens (tertiary/aromatic N) is 2. The Morgan fingerprint density at radius 3 is 2.37 bits per heavy atom. The second-order valence-corrected chi connectivity index (χ2v) is 8.08. The lowest BCUT2D eigenvalue weighted by Gasteiger charge is -2.18. The zero-order chi connectivity index (χ0) is 24.0. The molecule has 4 nitrogen and oxygen atoms in total. The van der Waals surface area contributed by atoms with E-state index in [1.165, 1.54) is 6.92 Å². The van der Waals surface area contributed by atoms with Gasteiger partial charge in [0.25, 0.3) is 0 Å². The van der Waals surface area contributed by atoms with Crippen molar-refractivity contribution in [1.29, 1.82) is 0 Å². The first-order chi connectivity index (χ1) is 15.5. The van der Waals surface area contributed by atoms with Gasteiger partial charge >= 0.3 is 0 Å². The summed E-state index contributed by atoms with van der Waals surface area (Å²) in [6.45, 7) is 4.83. The maximum atomic E-state index is 10.5. The third-order valence-electron chi connectivity index (χ3n) is 5.13. The lowest BCUT2D eigenvalue weighted by molar-refractivity contribution is 0.0786. The summed E-state index contributed by atoms with van der Waals surface area (Å²) in [5, 5.41) is 10.5. The first-order valence-electron chi connectivity index (χ1n) is 11.6. The molecule has 0 fully saturated rings. The molecular formula is C26H28N2O2. The molecule has 1 unspecified atom stereocenters. The third kappa shape index (κ3) is 3.96. The largest absolute Gasteiger partial charge is 0.491 e. The zero-order valence-electron chi connectivity index (χ0n) is 20.7. The number of fused-ring (bicyclic) bond motifs is 1. The van der Waals surface area contributed by atoms with Gasteiger partial charge < -0.3 is 9.84 Å². The van der Waals surface area contributed by atoms with Crippen LogP contribution < -0.4 is 4.74 Å². The van der Waals surface area contributed by atoms with Crippen LogP contribution in [0.15, 0.2) is 67.0 Å². The number of aryl methyl sites for hydroxylation is 1. The first-order valence-corrected chi connectivity index (χ1v) is 10.1. The van der Waals surface area contributed by atoms with Crippen LogP contribution in [0.1, 0.15) is 42.9 Å². The molecular weight excluding hydrogens is 372 g/mol. The fraction of sp³-hybridized carbons (Fsp3) is 0.269. The van der Waals surface area contributed by atoms with Crippen molar-refractivity contribution in [2.24, 2.45) is 0 Å². The summed E-state index contributed by atoms with van der Waals surface area (Å²) in [4.78, 5) is 4.57. The van der Waals surface area contributed by atoms with E-state index < -0.39 is 12.5 Å². The van der Waals surface area contributed by atoms with Gasteiger partial charge in [0.1, 0.15) is 11.4 Å². The van der Waals surface area contributed by atoms with Crippen LogP contribution in [0.5, 0.6) is 5.75 Å². The zero-order valence-corrected chi connectivity index (χ0v) is 17.7. The van der Waals surface area contributed by atoms with Crippen molar-refractivity contribution in [3.63, 3.8) is 0 Å². The molecule has 0 spiro atoms. The average molecular weight is 404 g/mol. The standard InChI is InChI=1S/C26H28N2O2/c1-17(2)30-22-12-8-20(9-13-22)24-15-27-25-14-18(3)23(16-28(24)25)19-6-10-21(11-7-19)26(4,5)29/h6-17,29H,1-5H3/i4D3. The van der Waals surface area contributed by atoms with Crippen LogP contribution in [0.4, 0.5) is 0 Å². The molecule has 2 aromatic carbocycles. The second kappa shape index (κ2) is 7.62. The molecule has 30 heavy (non-hydrogen) atoms.